The molecule has 0 fully saturated rings. The van der Waals surface area contributed by atoms with Gasteiger partial charge in [-0.2, -0.15) is 0 Å². The molecule has 0 heterocycles. The number of rotatable bonds is 7. The van der Waals surface area contributed by atoms with E-state index in [9.17, 15) is 4.79 Å². The average molecular weight is 253 g/mol. The number of hydrogen-bond donors (Lipinski definition) is 1. The molecule has 5 heteroatoms. The van der Waals surface area contributed by atoms with Crippen LogP contribution < -0.4 is 14.8 Å². The van der Waals surface area contributed by atoms with Crippen LogP contribution in [0.15, 0.2) is 18.2 Å². The number of methoxy groups -OCH3 is 2. The maximum absolute atomic E-state index is 11.1. The Morgan fingerprint density at radius 1 is 1.17 bits per heavy atom. The van der Waals surface area contributed by atoms with Gasteiger partial charge in [0.1, 0.15) is 11.5 Å². The molecular formula is C13H19NO4. The molecule has 1 N–H and O–H groups in total. The highest BCUT2D eigenvalue weighted by atomic mass is 16.5. The van der Waals surface area contributed by atoms with Gasteiger partial charge < -0.3 is 19.5 Å². The molecule has 0 saturated carbocycles. The van der Waals surface area contributed by atoms with E-state index in [1.807, 2.05) is 12.1 Å². The van der Waals surface area contributed by atoms with Gasteiger partial charge in [-0.25, -0.2) is 0 Å². The molecule has 18 heavy (non-hydrogen) atoms. The van der Waals surface area contributed by atoms with E-state index in [4.69, 9.17) is 14.2 Å². The average Bonchev–Trinajstić information content (AvgIpc) is 2.38. The van der Waals surface area contributed by atoms with Crippen LogP contribution in [0.3, 0.4) is 0 Å². The lowest BCUT2D eigenvalue weighted by Crippen LogP contribution is -2.24. The largest absolute Gasteiger partial charge is 0.497 e. The first kappa shape index (κ1) is 14.3. The molecular weight excluding hydrogens is 234 g/mol. The van der Waals surface area contributed by atoms with Crippen LogP contribution >= 0.6 is 0 Å². The van der Waals surface area contributed by atoms with Gasteiger partial charge in [0, 0.05) is 12.6 Å². The Balaban J connectivity index is 2.53. The van der Waals surface area contributed by atoms with Crippen molar-refractivity contribution in [2.24, 2.45) is 0 Å². The quantitative estimate of drug-likeness (QED) is 0.743. The number of benzene rings is 1. The molecule has 0 unspecified atom stereocenters. The minimum absolute atomic E-state index is 0.188. The Morgan fingerprint density at radius 3 is 2.28 bits per heavy atom. The number of ether oxygens (including phenoxy) is 3. The van der Waals surface area contributed by atoms with E-state index in [1.165, 1.54) is 0 Å². The topological polar surface area (TPSA) is 56.8 Å². The van der Waals surface area contributed by atoms with Crippen molar-refractivity contribution in [3.05, 3.63) is 23.8 Å². The molecule has 0 aliphatic rings. The number of carbonyl (C=O) groups is 1. The minimum Gasteiger partial charge on any atom is -0.497 e. The summed E-state index contributed by atoms with van der Waals surface area (Å²) in [5, 5.41) is 3.00. The van der Waals surface area contributed by atoms with Gasteiger partial charge in [-0.05, 0) is 24.6 Å². The maximum atomic E-state index is 11.1. The second-order valence-electron chi connectivity index (χ2n) is 3.63. The predicted octanol–water partition coefficient (Wildman–Crippen LogP) is 1.36. The summed E-state index contributed by atoms with van der Waals surface area (Å²) in [6.07, 6.45) is 0. The fourth-order valence-corrected chi connectivity index (χ4v) is 1.49. The lowest BCUT2D eigenvalue weighted by molar-refractivity contribution is -0.142. The van der Waals surface area contributed by atoms with Crippen LogP contribution in [0.5, 0.6) is 11.5 Å². The number of nitrogens with one attached hydrogen (secondary N) is 1. The first-order chi connectivity index (χ1) is 8.69. The fraction of sp³-hybridized carbons (Fsp3) is 0.462. The molecule has 5 nitrogen and oxygen atoms in total. The van der Waals surface area contributed by atoms with E-state index in [0.29, 0.717) is 13.2 Å². The van der Waals surface area contributed by atoms with E-state index < -0.39 is 0 Å². The van der Waals surface area contributed by atoms with Gasteiger partial charge in [-0.15, -0.1) is 0 Å². The molecule has 0 spiro atoms. The Hall–Kier alpha value is -1.75. The molecule has 0 bridgehead atoms. The highest BCUT2D eigenvalue weighted by molar-refractivity contribution is 5.71. The summed E-state index contributed by atoms with van der Waals surface area (Å²) in [6, 6.07) is 5.58. The zero-order chi connectivity index (χ0) is 13.4. The van der Waals surface area contributed by atoms with Crippen molar-refractivity contribution in [2.45, 2.75) is 13.5 Å². The van der Waals surface area contributed by atoms with Crippen LogP contribution in [0.1, 0.15) is 12.5 Å². The first-order valence-electron chi connectivity index (χ1n) is 5.78. The highest BCUT2D eigenvalue weighted by Crippen LogP contribution is 2.22. The summed E-state index contributed by atoms with van der Waals surface area (Å²) in [5.41, 5.74) is 0.982. The molecule has 0 atom stereocenters. The van der Waals surface area contributed by atoms with Crippen LogP contribution in [0.25, 0.3) is 0 Å². The molecule has 1 aromatic carbocycles. The van der Waals surface area contributed by atoms with Gasteiger partial charge in [0.05, 0.1) is 27.4 Å². The number of hydrogen-bond acceptors (Lipinski definition) is 5. The summed E-state index contributed by atoms with van der Waals surface area (Å²) < 4.78 is 15.1. The SMILES string of the molecule is CCOC(=O)CNCc1cc(OC)cc(OC)c1. The lowest BCUT2D eigenvalue weighted by Gasteiger charge is -2.09. The minimum atomic E-state index is -0.257. The van der Waals surface area contributed by atoms with Crippen LogP contribution in [-0.4, -0.2) is 33.3 Å². The third kappa shape index (κ3) is 4.63. The molecule has 0 aromatic heterocycles. The van der Waals surface area contributed by atoms with Crippen molar-refractivity contribution >= 4 is 5.97 Å². The Kier molecular flexibility index (Phi) is 6.00. The number of esters is 1. The van der Waals surface area contributed by atoms with Crippen molar-refractivity contribution < 1.29 is 19.0 Å². The summed E-state index contributed by atoms with van der Waals surface area (Å²) in [5.74, 6) is 1.19. The van der Waals surface area contributed by atoms with Gasteiger partial charge in [0.25, 0.3) is 0 Å². The molecule has 0 radical (unpaired) electrons. The van der Waals surface area contributed by atoms with Crippen LogP contribution in [-0.2, 0) is 16.1 Å². The van der Waals surface area contributed by atoms with Crippen molar-refractivity contribution in [3.8, 4) is 11.5 Å². The molecule has 100 valence electrons. The first-order valence-corrected chi connectivity index (χ1v) is 5.78. The predicted molar refractivity (Wildman–Crippen MR) is 67.9 cm³/mol. The van der Waals surface area contributed by atoms with E-state index in [0.717, 1.165) is 17.1 Å². The van der Waals surface area contributed by atoms with Crippen molar-refractivity contribution in [1.82, 2.24) is 5.32 Å². The summed E-state index contributed by atoms with van der Waals surface area (Å²) in [4.78, 5) is 11.1. The van der Waals surface area contributed by atoms with Crippen LogP contribution in [0.4, 0.5) is 0 Å². The lowest BCUT2D eigenvalue weighted by atomic mass is 10.2. The molecule has 1 aromatic rings. The highest BCUT2D eigenvalue weighted by Gasteiger charge is 2.04. The Morgan fingerprint density at radius 2 is 1.78 bits per heavy atom. The van der Waals surface area contributed by atoms with Crippen molar-refractivity contribution in [1.29, 1.82) is 0 Å². The smallest absolute Gasteiger partial charge is 0.319 e. The van der Waals surface area contributed by atoms with Crippen molar-refractivity contribution in [2.75, 3.05) is 27.4 Å². The molecule has 0 aliphatic heterocycles. The maximum Gasteiger partial charge on any atom is 0.319 e. The monoisotopic (exact) mass is 253 g/mol. The molecule has 0 amide bonds. The molecule has 1 rings (SSSR count). The standard InChI is InChI=1S/C13H19NO4/c1-4-18-13(15)9-14-8-10-5-11(16-2)7-12(6-10)17-3/h5-7,14H,4,8-9H2,1-3H3. The van der Waals surface area contributed by atoms with Gasteiger partial charge in [-0.1, -0.05) is 0 Å². The summed E-state index contributed by atoms with van der Waals surface area (Å²) >= 11 is 0. The zero-order valence-corrected chi connectivity index (χ0v) is 11.0. The van der Waals surface area contributed by atoms with Gasteiger partial charge >= 0.3 is 5.97 Å². The number of carbonyl (C=O) groups excluding carboxylic acids is 1. The zero-order valence-electron chi connectivity index (χ0n) is 11.0. The Bertz CT molecular complexity index is 370. The van der Waals surface area contributed by atoms with Gasteiger partial charge in [0.15, 0.2) is 0 Å². The molecule has 0 aliphatic carbocycles. The third-order valence-corrected chi connectivity index (χ3v) is 2.32. The second-order valence-corrected chi connectivity index (χ2v) is 3.63. The van der Waals surface area contributed by atoms with E-state index in [-0.39, 0.29) is 12.5 Å². The normalized spacial score (nSPS) is 9.94. The van der Waals surface area contributed by atoms with E-state index in [1.54, 1.807) is 27.2 Å². The molecule has 0 saturated heterocycles. The Labute approximate surface area is 107 Å². The fourth-order valence-electron chi connectivity index (χ4n) is 1.49. The summed E-state index contributed by atoms with van der Waals surface area (Å²) in [6.45, 7) is 2.91. The third-order valence-electron chi connectivity index (χ3n) is 2.32. The summed E-state index contributed by atoms with van der Waals surface area (Å²) in [7, 11) is 3.20. The van der Waals surface area contributed by atoms with E-state index in [2.05, 4.69) is 5.32 Å². The van der Waals surface area contributed by atoms with Gasteiger partial charge in [0.2, 0.25) is 0 Å². The van der Waals surface area contributed by atoms with Crippen LogP contribution in [0, 0.1) is 0 Å². The second kappa shape index (κ2) is 7.55. The van der Waals surface area contributed by atoms with E-state index >= 15 is 0 Å². The van der Waals surface area contributed by atoms with Gasteiger partial charge in [-0.3, -0.25) is 4.79 Å². The van der Waals surface area contributed by atoms with Crippen LogP contribution in [0.2, 0.25) is 0 Å². The van der Waals surface area contributed by atoms with Crippen molar-refractivity contribution in [3.63, 3.8) is 0 Å².